The Morgan fingerprint density at radius 1 is 1.21 bits per heavy atom. The fraction of sp³-hybridized carbons (Fsp3) is 0.227. The van der Waals surface area contributed by atoms with Crippen molar-refractivity contribution in [2.45, 2.75) is 24.6 Å². The lowest BCUT2D eigenvalue weighted by atomic mass is 9.76. The molecule has 2 aromatic rings. The minimum Gasteiger partial charge on any atom is -0.497 e. The van der Waals surface area contributed by atoms with Gasteiger partial charge in [-0.3, -0.25) is 5.41 Å². The molecule has 3 N–H and O–H groups in total. The predicted molar refractivity (Wildman–Crippen MR) is 105 cm³/mol. The van der Waals surface area contributed by atoms with E-state index >= 15 is 0 Å². The standard InChI is InChI=1S/C22H20N5O2/c1-22(28)21(27-10-4-3-5-11-27)19(15-6-8-17(29-2)9-7-15)18(14-25)20(26-22)16(12-23)13-24/h3-11,19,21,23,26,28H,1-2H3/q+1. The number of nitriles is 2. The van der Waals surface area contributed by atoms with Crippen LogP contribution < -0.4 is 14.6 Å². The van der Waals surface area contributed by atoms with Gasteiger partial charge in [0.15, 0.2) is 18.1 Å². The molecule has 1 aliphatic heterocycles. The van der Waals surface area contributed by atoms with E-state index in [1.165, 1.54) is 0 Å². The van der Waals surface area contributed by atoms with Crippen LogP contribution in [0.25, 0.3) is 0 Å². The van der Waals surface area contributed by atoms with Crippen molar-refractivity contribution in [3.63, 3.8) is 0 Å². The Bertz CT molecular complexity index is 1070. The molecule has 0 amide bonds. The van der Waals surface area contributed by atoms with E-state index in [9.17, 15) is 15.6 Å². The lowest BCUT2D eigenvalue weighted by Gasteiger charge is -2.40. The first-order valence-corrected chi connectivity index (χ1v) is 8.91. The molecule has 3 rings (SSSR count). The van der Waals surface area contributed by atoms with Crippen LogP contribution in [-0.2, 0) is 0 Å². The van der Waals surface area contributed by atoms with Crippen molar-refractivity contribution in [1.82, 2.24) is 5.32 Å². The molecule has 2 heterocycles. The molecule has 0 bridgehead atoms. The van der Waals surface area contributed by atoms with Gasteiger partial charge in [0.2, 0.25) is 6.04 Å². The van der Waals surface area contributed by atoms with Gasteiger partial charge in [-0.15, -0.1) is 0 Å². The Morgan fingerprint density at radius 3 is 2.38 bits per heavy atom. The molecular weight excluding hydrogens is 366 g/mol. The SMILES string of the molecule is COc1ccc(C2C(C#N)=C(C(=C=N)C#N)NC(C)(O)C2[n+]2ccccc2)cc1. The molecule has 0 radical (unpaired) electrons. The van der Waals surface area contributed by atoms with E-state index in [4.69, 9.17) is 10.1 Å². The smallest absolute Gasteiger partial charge is 0.216 e. The fourth-order valence-corrected chi connectivity index (χ4v) is 3.72. The quantitative estimate of drug-likeness (QED) is 0.423. The average Bonchev–Trinajstić information content (AvgIpc) is 2.74. The first-order valence-electron chi connectivity index (χ1n) is 8.91. The summed E-state index contributed by atoms with van der Waals surface area (Å²) in [6.07, 6.45) is 3.63. The van der Waals surface area contributed by atoms with Gasteiger partial charge in [-0.2, -0.15) is 15.1 Å². The van der Waals surface area contributed by atoms with Crippen molar-refractivity contribution < 1.29 is 14.4 Å². The third kappa shape index (κ3) is 3.61. The summed E-state index contributed by atoms with van der Waals surface area (Å²) in [6, 6.07) is 16.2. The zero-order chi connectivity index (χ0) is 21.0. The molecule has 1 aromatic heterocycles. The Kier molecular flexibility index (Phi) is 5.47. The van der Waals surface area contributed by atoms with Crippen molar-refractivity contribution in [3.05, 3.63) is 77.3 Å². The Morgan fingerprint density at radius 2 is 1.86 bits per heavy atom. The summed E-state index contributed by atoms with van der Waals surface area (Å²) < 4.78 is 7.06. The lowest BCUT2D eigenvalue weighted by Crippen LogP contribution is -2.63. The van der Waals surface area contributed by atoms with Crippen molar-refractivity contribution in [1.29, 1.82) is 15.9 Å². The number of methoxy groups -OCH3 is 1. The molecule has 0 spiro atoms. The predicted octanol–water partition coefficient (Wildman–Crippen LogP) is 2.10. The number of hydrogen-bond acceptors (Lipinski definition) is 6. The Balaban J connectivity index is 2.31. The third-order valence-electron chi connectivity index (χ3n) is 4.99. The van der Waals surface area contributed by atoms with Crippen molar-refractivity contribution in [3.8, 4) is 17.9 Å². The maximum atomic E-state index is 11.3. The summed E-state index contributed by atoms with van der Waals surface area (Å²) in [5.74, 6) is 2.15. The zero-order valence-corrected chi connectivity index (χ0v) is 16.0. The number of aromatic nitrogens is 1. The number of benzene rings is 1. The van der Waals surface area contributed by atoms with E-state index in [0.717, 1.165) is 5.56 Å². The highest BCUT2D eigenvalue weighted by Gasteiger charge is 2.52. The highest BCUT2D eigenvalue weighted by molar-refractivity contribution is 5.71. The summed E-state index contributed by atoms with van der Waals surface area (Å²) in [5.41, 5.74) is -0.532. The maximum absolute atomic E-state index is 11.3. The molecule has 0 fully saturated rings. The summed E-state index contributed by atoms with van der Waals surface area (Å²) >= 11 is 0. The first-order chi connectivity index (χ1) is 14.0. The van der Waals surface area contributed by atoms with Crippen LogP contribution in [0.4, 0.5) is 0 Å². The number of hydrogen-bond donors (Lipinski definition) is 3. The number of aliphatic hydroxyl groups is 1. The van der Waals surface area contributed by atoms with Gasteiger partial charge in [-0.25, -0.2) is 0 Å². The summed E-state index contributed by atoms with van der Waals surface area (Å²) in [6.45, 7) is 1.58. The van der Waals surface area contributed by atoms with E-state index < -0.39 is 17.7 Å². The van der Waals surface area contributed by atoms with Gasteiger partial charge in [0.25, 0.3) is 0 Å². The lowest BCUT2D eigenvalue weighted by molar-refractivity contribution is -0.741. The molecule has 1 aliphatic rings. The Labute approximate surface area is 168 Å². The second-order valence-corrected chi connectivity index (χ2v) is 6.80. The van der Waals surface area contributed by atoms with Gasteiger partial charge in [0.1, 0.15) is 17.4 Å². The highest BCUT2D eigenvalue weighted by atomic mass is 16.5. The van der Waals surface area contributed by atoms with Crippen LogP contribution in [0, 0.1) is 28.1 Å². The minimum absolute atomic E-state index is 0.114. The molecule has 7 heteroatoms. The normalized spacial score (nSPS) is 23.2. The molecule has 3 unspecified atom stereocenters. The van der Waals surface area contributed by atoms with E-state index in [0.29, 0.717) is 5.75 Å². The minimum atomic E-state index is -1.52. The van der Waals surface area contributed by atoms with E-state index in [1.54, 1.807) is 26.2 Å². The van der Waals surface area contributed by atoms with Gasteiger partial charge in [-0.1, -0.05) is 18.2 Å². The van der Waals surface area contributed by atoms with Crippen LogP contribution in [0.1, 0.15) is 24.4 Å². The summed E-state index contributed by atoms with van der Waals surface area (Å²) in [4.78, 5) is 0. The Hall–Kier alpha value is -3.90. The van der Waals surface area contributed by atoms with Gasteiger partial charge < -0.3 is 15.2 Å². The van der Waals surface area contributed by atoms with Crippen LogP contribution in [0.5, 0.6) is 5.75 Å². The summed E-state index contributed by atoms with van der Waals surface area (Å²) in [5, 5.41) is 41.1. The number of pyridine rings is 1. The fourth-order valence-electron chi connectivity index (χ4n) is 3.72. The molecule has 1 aromatic carbocycles. The van der Waals surface area contributed by atoms with Crippen LogP contribution in [0.15, 0.2) is 71.7 Å². The van der Waals surface area contributed by atoms with Crippen LogP contribution >= 0.6 is 0 Å². The van der Waals surface area contributed by atoms with E-state index in [1.807, 2.05) is 53.4 Å². The molecule has 3 atom stereocenters. The topological polar surface area (TPSA) is 117 Å². The molecule has 7 nitrogen and oxygen atoms in total. The second-order valence-electron chi connectivity index (χ2n) is 6.80. The van der Waals surface area contributed by atoms with Crippen molar-refractivity contribution in [2.24, 2.45) is 0 Å². The van der Waals surface area contributed by atoms with Crippen molar-refractivity contribution in [2.75, 3.05) is 7.11 Å². The van der Waals surface area contributed by atoms with Gasteiger partial charge in [0.05, 0.1) is 30.4 Å². The molecule has 29 heavy (non-hydrogen) atoms. The second kappa shape index (κ2) is 8.00. The van der Waals surface area contributed by atoms with Gasteiger partial charge in [0, 0.05) is 12.1 Å². The maximum Gasteiger partial charge on any atom is 0.216 e. The molecule has 144 valence electrons. The summed E-state index contributed by atoms with van der Waals surface area (Å²) in [7, 11) is 1.57. The molecule has 0 saturated carbocycles. The molecular formula is C22H20N5O2+. The van der Waals surface area contributed by atoms with Crippen LogP contribution in [0.2, 0.25) is 0 Å². The average molecular weight is 386 g/mol. The zero-order valence-electron chi connectivity index (χ0n) is 16.0. The number of nitrogens with one attached hydrogen (secondary N) is 2. The monoisotopic (exact) mass is 386 g/mol. The highest BCUT2D eigenvalue weighted by Crippen LogP contribution is 2.43. The number of ether oxygens (including phenoxy) is 1. The number of rotatable bonds is 4. The van der Waals surface area contributed by atoms with E-state index in [2.05, 4.69) is 17.3 Å². The number of nitrogens with zero attached hydrogens (tertiary/aromatic N) is 3. The van der Waals surface area contributed by atoms with Crippen LogP contribution in [-0.4, -0.2) is 23.8 Å². The molecule has 0 aliphatic carbocycles. The number of allylic oxidation sites excluding steroid dienone is 2. The molecule has 0 saturated heterocycles. The third-order valence-corrected chi connectivity index (χ3v) is 4.99. The first kappa shape index (κ1) is 19.9. The van der Waals surface area contributed by atoms with Crippen LogP contribution in [0.3, 0.4) is 0 Å². The van der Waals surface area contributed by atoms with Crippen molar-refractivity contribution >= 4 is 5.87 Å². The van der Waals surface area contributed by atoms with Gasteiger partial charge in [-0.05, 0) is 30.5 Å². The van der Waals surface area contributed by atoms with E-state index in [-0.39, 0.29) is 16.8 Å². The van der Waals surface area contributed by atoms with Gasteiger partial charge >= 0.3 is 0 Å². The largest absolute Gasteiger partial charge is 0.497 e.